The van der Waals surface area contributed by atoms with Crippen molar-refractivity contribution in [1.82, 2.24) is 10.9 Å². The van der Waals surface area contributed by atoms with Crippen LogP contribution in [0.2, 0.25) is 0 Å². The first-order chi connectivity index (χ1) is 13.3. The van der Waals surface area contributed by atoms with Crippen LogP contribution in [0.3, 0.4) is 0 Å². The summed E-state index contributed by atoms with van der Waals surface area (Å²) in [6.07, 6.45) is -0.760. The highest BCUT2D eigenvalue weighted by molar-refractivity contribution is 5.85. The van der Waals surface area contributed by atoms with Crippen LogP contribution in [-0.4, -0.2) is 24.5 Å². The smallest absolute Gasteiger partial charge is 0.279 e. The number of hydrazine groups is 1. The standard InChI is InChI=1S/C22H28N2O4/c1-14(2)18-9-11-19(12-10-18)28-17(5)22(26)24-23-20(25)13-27-21-15(3)7-6-8-16(21)4/h6-12,14,17H,13H2,1-5H3,(H,23,25)(H,24,26). The Morgan fingerprint density at radius 2 is 1.54 bits per heavy atom. The van der Waals surface area contributed by atoms with Crippen molar-refractivity contribution >= 4 is 11.8 Å². The first kappa shape index (κ1) is 21.3. The predicted octanol–water partition coefficient (Wildman–Crippen LogP) is 3.42. The van der Waals surface area contributed by atoms with Gasteiger partial charge in [0.25, 0.3) is 11.8 Å². The third-order valence-corrected chi connectivity index (χ3v) is 4.31. The van der Waals surface area contributed by atoms with Gasteiger partial charge in [-0.05, 0) is 55.5 Å². The monoisotopic (exact) mass is 384 g/mol. The summed E-state index contributed by atoms with van der Waals surface area (Å²) in [7, 11) is 0. The van der Waals surface area contributed by atoms with E-state index in [9.17, 15) is 9.59 Å². The van der Waals surface area contributed by atoms with Crippen molar-refractivity contribution in [3.05, 3.63) is 59.2 Å². The number of nitrogens with one attached hydrogen (secondary N) is 2. The number of ether oxygens (including phenoxy) is 2. The number of hydrogen-bond donors (Lipinski definition) is 2. The molecule has 2 aromatic rings. The van der Waals surface area contributed by atoms with Gasteiger partial charge in [0, 0.05) is 0 Å². The fraction of sp³-hybridized carbons (Fsp3) is 0.364. The van der Waals surface area contributed by atoms with E-state index >= 15 is 0 Å². The van der Waals surface area contributed by atoms with E-state index in [4.69, 9.17) is 9.47 Å². The minimum Gasteiger partial charge on any atom is -0.483 e. The van der Waals surface area contributed by atoms with E-state index in [0.29, 0.717) is 17.4 Å². The maximum absolute atomic E-state index is 12.1. The van der Waals surface area contributed by atoms with Crippen LogP contribution in [0, 0.1) is 13.8 Å². The highest BCUT2D eigenvalue weighted by atomic mass is 16.5. The summed E-state index contributed by atoms with van der Waals surface area (Å²) in [6, 6.07) is 13.3. The molecular weight excluding hydrogens is 356 g/mol. The van der Waals surface area contributed by atoms with E-state index in [-0.39, 0.29) is 6.61 Å². The number of para-hydroxylation sites is 1. The zero-order valence-electron chi connectivity index (χ0n) is 17.0. The predicted molar refractivity (Wildman–Crippen MR) is 108 cm³/mol. The Kier molecular flexibility index (Phi) is 7.44. The zero-order valence-corrected chi connectivity index (χ0v) is 17.0. The average molecular weight is 384 g/mol. The molecule has 0 saturated heterocycles. The van der Waals surface area contributed by atoms with E-state index in [0.717, 1.165) is 11.1 Å². The molecule has 2 N–H and O–H groups in total. The summed E-state index contributed by atoms with van der Waals surface area (Å²) in [5.41, 5.74) is 7.78. The molecule has 28 heavy (non-hydrogen) atoms. The van der Waals surface area contributed by atoms with Gasteiger partial charge in [0.2, 0.25) is 0 Å². The second-order valence-corrected chi connectivity index (χ2v) is 7.03. The molecule has 0 aromatic heterocycles. The molecule has 6 nitrogen and oxygen atoms in total. The van der Waals surface area contributed by atoms with Crippen molar-refractivity contribution in [1.29, 1.82) is 0 Å². The van der Waals surface area contributed by atoms with Gasteiger partial charge in [0.15, 0.2) is 12.7 Å². The first-order valence-corrected chi connectivity index (χ1v) is 9.32. The van der Waals surface area contributed by atoms with Crippen LogP contribution < -0.4 is 20.3 Å². The molecule has 0 spiro atoms. The molecule has 0 aliphatic rings. The summed E-state index contributed by atoms with van der Waals surface area (Å²) in [4.78, 5) is 24.1. The number of carbonyl (C=O) groups excluding carboxylic acids is 2. The lowest BCUT2D eigenvalue weighted by Gasteiger charge is -2.16. The quantitative estimate of drug-likeness (QED) is 0.717. The Bertz CT molecular complexity index is 796. The molecule has 0 radical (unpaired) electrons. The third kappa shape index (κ3) is 6.01. The van der Waals surface area contributed by atoms with Crippen molar-refractivity contribution < 1.29 is 19.1 Å². The van der Waals surface area contributed by atoms with Gasteiger partial charge in [-0.1, -0.05) is 44.2 Å². The van der Waals surface area contributed by atoms with E-state index in [1.807, 2.05) is 56.3 Å². The van der Waals surface area contributed by atoms with Gasteiger partial charge in [-0.2, -0.15) is 0 Å². The Morgan fingerprint density at radius 3 is 2.11 bits per heavy atom. The Balaban J connectivity index is 1.78. The molecule has 0 heterocycles. The lowest BCUT2D eigenvalue weighted by atomic mass is 10.0. The number of aryl methyl sites for hydroxylation is 2. The fourth-order valence-corrected chi connectivity index (χ4v) is 2.62. The second-order valence-electron chi connectivity index (χ2n) is 7.03. The van der Waals surface area contributed by atoms with Crippen LogP contribution in [0.4, 0.5) is 0 Å². The van der Waals surface area contributed by atoms with Gasteiger partial charge in [-0.3, -0.25) is 20.4 Å². The molecule has 1 unspecified atom stereocenters. The lowest BCUT2D eigenvalue weighted by molar-refractivity contribution is -0.133. The van der Waals surface area contributed by atoms with E-state index in [1.54, 1.807) is 6.92 Å². The van der Waals surface area contributed by atoms with E-state index in [1.165, 1.54) is 5.56 Å². The Hall–Kier alpha value is -3.02. The number of hydrogen-bond acceptors (Lipinski definition) is 4. The van der Waals surface area contributed by atoms with Crippen molar-refractivity contribution in [3.63, 3.8) is 0 Å². The van der Waals surface area contributed by atoms with Crippen LogP contribution >= 0.6 is 0 Å². The molecule has 2 amide bonds. The van der Waals surface area contributed by atoms with Gasteiger partial charge in [-0.25, -0.2) is 0 Å². The molecule has 2 aromatic carbocycles. The normalized spacial score (nSPS) is 11.6. The van der Waals surface area contributed by atoms with Crippen LogP contribution in [0.5, 0.6) is 11.5 Å². The average Bonchev–Trinajstić information content (AvgIpc) is 2.66. The van der Waals surface area contributed by atoms with Crippen LogP contribution in [0.25, 0.3) is 0 Å². The summed E-state index contributed by atoms with van der Waals surface area (Å²) in [6.45, 7) is 9.46. The van der Waals surface area contributed by atoms with Crippen LogP contribution in [0.15, 0.2) is 42.5 Å². The fourth-order valence-electron chi connectivity index (χ4n) is 2.62. The maximum atomic E-state index is 12.1. The molecule has 0 bridgehead atoms. The molecule has 2 rings (SSSR count). The Morgan fingerprint density at radius 1 is 0.929 bits per heavy atom. The molecule has 0 saturated carbocycles. The highest BCUT2D eigenvalue weighted by Gasteiger charge is 2.16. The van der Waals surface area contributed by atoms with E-state index in [2.05, 4.69) is 24.7 Å². The summed E-state index contributed by atoms with van der Waals surface area (Å²) < 4.78 is 11.2. The minimum atomic E-state index is -0.760. The van der Waals surface area contributed by atoms with Gasteiger partial charge in [0.05, 0.1) is 0 Å². The molecule has 0 fully saturated rings. The molecule has 1 atom stereocenters. The van der Waals surface area contributed by atoms with Crippen molar-refractivity contribution in [2.45, 2.75) is 46.6 Å². The van der Waals surface area contributed by atoms with Gasteiger partial charge < -0.3 is 9.47 Å². The highest BCUT2D eigenvalue weighted by Crippen LogP contribution is 2.22. The molecule has 150 valence electrons. The summed E-state index contributed by atoms with van der Waals surface area (Å²) in [5, 5.41) is 0. The third-order valence-electron chi connectivity index (χ3n) is 4.31. The Labute approximate surface area is 166 Å². The summed E-state index contributed by atoms with van der Waals surface area (Å²) in [5.74, 6) is 0.788. The number of amides is 2. The van der Waals surface area contributed by atoms with Crippen molar-refractivity contribution in [2.24, 2.45) is 0 Å². The SMILES string of the molecule is Cc1cccc(C)c1OCC(=O)NNC(=O)C(C)Oc1ccc(C(C)C)cc1. The number of benzene rings is 2. The maximum Gasteiger partial charge on any atom is 0.279 e. The van der Waals surface area contributed by atoms with Crippen molar-refractivity contribution in [2.75, 3.05) is 6.61 Å². The van der Waals surface area contributed by atoms with Crippen LogP contribution in [-0.2, 0) is 9.59 Å². The van der Waals surface area contributed by atoms with Gasteiger partial charge in [-0.15, -0.1) is 0 Å². The zero-order chi connectivity index (χ0) is 20.7. The number of carbonyl (C=O) groups is 2. The minimum absolute atomic E-state index is 0.197. The van der Waals surface area contributed by atoms with E-state index < -0.39 is 17.9 Å². The molecular formula is C22H28N2O4. The first-order valence-electron chi connectivity index (χ1n) is 9.32. The van der Waals surface area contributed by atoms with Crippen LogP contribution in [0.1, 0.15) is 43.4 Å². The molecule has 6 heteroatoms. The van der Waals surface area contributed by atoms with Gasteiger partial charge in [0.1, 0.15) is 11.5 Å². The molecule has 0 aliphatic heterocycles. The molecule has 0 aliphatic carbocycles. The lowest BCUT2D eigenvalue weighted by Crippen LogP contribution is -2.48. The second kappa shape index (κ2) is 9.78. The van der Waals surface area contributed by atoms with Gasteiger partial charge >= 0.3 is 0 Å². The topological polar surface area (TPSA) is 76.7 Å². The summed E-state index contributed by atoms with van der Waals surface area (Å²) >= 11 is 0. The van der Waals surface area contributed by atoms with Crippen molar-refractivity contribution in [3.8, 4) is 11.5 Å². The largest absolute Gasteiger partial charge is 0.483 e. The number of rotatable bonds is 7.